The van der Waals surface area contributed by atoms with Crippen molar-refractivity contribution in [1.82, 2.24) is 0 Å². The van der Waals surface area contributed by atoms with Crippen LogP contribution in [0.3, 0.4) is 0 Å². The smallest absolute Gasteiger partial charge is 0.101 e. The number of hydrogen-bond donors (Lipinski definition) is 0. The fourth-order valence-electron chi connectivity index (χ4n) is 9.81. The Balaban J connectivity index is 1.35. The van der Waals surface area contributed by atoms with E-state index in [2.05, 4.69) is 204 Å². The predicted octanol–water partition coefficient (Wildman–Crippen LogP) is 10.8. The minimum absolute atomic E-state index is 0.558. The van der Waals surface area contributed by atoms with Gasteiger partial charge in [-0.15, -0.1) is 0 Å². The summed E-state index contributed by atoms with van der Waals surface area (Å²) in [6.07, 6.45) is 9.76. The Kier molecular flexibility index (Phi) is 7.00. The number of anilines is 5. The Labute approximate surface area is 316 Å². The van der Waals surface area contributed by atoms with Gasteiger partial charge < -0.3 is 9.80 Å². The van der Waals surface area contributed by atoms with Gasteiger partial charge in [-0.25, -0.2) is 0 Å². The topological polar surface area (TPSA) is 6.48 Å². The first-order chi connectivity index (χ1) is 26.8. The Hall–Kier alpha value is -6.64. The first-order valence-electron chi connectivity index (χ1n) is 19.1. The van der Waals surface area contributed by atoms with Crippen LogP contribution in [0.2, 0.25) is 0 Å². The molecule has 0 saturated carbocycles. The molecule has 2 heterocycles. The van der Waals surface area contributed by atoms with Gasteiger partial charge in [-0.05, 0) is 92.1 Å². The molecule has 0 spiro atoms. The number of nitrogens with zero attached hydrogens (tertiary/aromatic N) is 2. The van der Waals surface area contributed by atoms with Crippen molar-refractivity contribution in [1.29, 1.82) is 0 Å². The molecule has 4 aliphatic rings. The minimum atomic E-state index is -0.558. The summed E-state index contributed by atoms with van der Waals surface area (Å²) >= 11 is 0. The standard InChI is InChI=1S/C52H38N2/c1-3-18-36(19-4-1)49-43-27-15-16-33-52(43,54-46-30-13-9-24-40(46)35-41-25-10-14-31-47(41)54)51(37-20-5-2-6-21-37)42-26-17-32-48(50(42)49)53-44-28-11-7-22-38(44)34-39-23-8-12-29-45(39)53/h1-32H,33-35H2. The van der Waals surface area contributed by atoms with Crippen molar-refractivity contribution < 1.29 is 0 Å². The minimum Gasteiger partial charge on any atom is -0.326 e. The molecule has 7 aromatic carbocycles. The molecule has 11 rings (SSSR count). The number of allylic oxidation sites excluding steroid dienone is 2. The molecule has 0 N–H and O–H groups in total. The first kappa shape index (κ1) is 30.9. The van der Waals surface area contributed by atoms with Gasteiger partial charge in [0.15, 0.2) is 0 Å². The molecule has 0 bridgehead atoms. The highest BCUT2D eigenvalue weighted by molar-refractivity contribution is 6.01. The molecule has 2 aliphatic heterocycles. The molecule has 2 heteroatoms. The quantitative estimate of drug-likeness (QED) is 0.181. The highest BCUT2D eigenvalue weighted by Gasteiger charge is 2.50. The van der Waals surface area contributed by atoms with Crippen LogP contribution < -0.4 is 20.2 Å². The summed E-state index contributed by atoms with van der Waals surface area (Å²) in [5.41, 5.74) is 17.5. The van der Waals surface area contributed by atoms with Gasteiger partial charge in [-0.3, -0.25) is 0 Å². The van der Waals surface area contributed by atoms with E-state index in [9.17, 15) is 0 Å². The zero-order valence-electron chi connectivity index (χ0n) is 30.0. The van der Waals surface area contributed by atoms with Crippen molar-refractivity contribution in [3.63, 3.8) is 0 Å². The fraction of sp³-hybridized carbons (Fsp3) is 0.0769. The molecule has 2 nitrogen and oxygen atoms in total. The van der Waals surface area contributed by atoms with E-state index in [4.69, 9.17) is 0 Å². The van der Waals surface area contributed by atoms with Crippen molar-refractivity contribution in [2.75, 3.05) is 9.80 Å². The summed E-state index contributed by atoms with van der Waals surface area (Å²) in [7, 11) is 0. The van der Waals surface area contributed by atoms with E-state index in [1.165, 1.54) is 89.0 Å². The maximum atomic E-state index is 2.71. The van der Waals surface area contributed by atoms with Crippen LogP contribution in [0.1, 0.15) is 39.8 Å². The number of hydrogen-bond acceptors (Lipinski definition) is 2. The van der Waals surface area contributed by atoms with E-state index in [1.807, 2.05) is 0 Å². The summed E-state index contributed by atoms with van der Waals surface area (Å²) < 4.78 is 0. The van der Waals surface area contributed by atoms with Crippen molar-refractivity contribution in [3.05, 3.63) is 244 Å². The molecule has 54 heavy (non-hydrogen) atoms. The van der Waals surface area contributed by atoms with E-state index in [0.717, 1.165) is 19.3 Å². The summed E-state index contributed by atoms with van der Waals surface area (Å²) in [5, 5.41) is 2.54. The zero-order valence-corrected chi connectivity index (χ0v) is 30.0. The number of rotatable bonds is 4. The Morgan fingerprint density at radius 1 is 0.426 bits per heavy atom. The van der Waals surface area contributed by atoms with Crippen LogP contribution in [-0.4, -0.2) is 5.54 Å². The lowest BCUT2D eigenvalue weighted by Crippen LogP contribution is -2.57. The van der Waals surface area contributed by atoms with E-state index >= 15 is 0 Å². The second-order valence-corrected chi connectivity index (χ2v) is 14.8. The molecule has 0 amide bonds. The second-order valence-electron chi connectivity index (χ2n) is 14.8. The van der Waals surface area contributed by atoms with Crippen LogP contribution in [0.15, 0.2) is 200 Å². The third-order valence-electron chi connectivity index (χ3n) is 11.9. The maximum Gasteiger partial charge on any atom is 0.101 e. The first-order valence-corrected chi connectivity index (χ1v) is 19.1. The molecule has 2 aliphatic carbocycles. The number of benzene rings is 7. The monoisotopic (exact) mass is 690 g/mol. The lowest BCUT2D eigenvalue weighted by atomic mass is 9.64. The fourth-order valence-corrected chi connectivity index (χ4v) is 9.81. The molecule has 0 radical (unpaired) electrons. The van der Waals surface area contributed by atoms with Gasteiger partial charge in [0, 0.05) is 40.8 Å². The lowest BCUT2D eigenvalue weighted by Gasteiger charge is -2.53. The van der Waals surface area contributed by atoms with Gasteiger partial charge in [0.05, 0.1) is 5.69 Å². The average Bonchev–Trinajstić information content (AvgIpc) is 3.24. The van der Waals surface area contributed by atoms with Gasteiger partial charge >= 0.3 is 0 Å². The summed E-state index contributed by atoms with van der Waals surface area (Å²) in [6.45, 7) is 0. The van der Waals surface area contributed by atoms with Crippen LogP contribution in [0.25, 0.3) is 11.1 Å². The molecule has 0 fully saturated rings. The van der Waals surface area contributed by atoms with Crippen LogP contribution in [0.5, 0.6) is 0 Å². The van der Waals surface area contributed by atoms with Crippen molar-refractivity contribution in [2.45, 2.75) is 24.8 Å². The highest BCUT2D eigenvalue weighted by Crippen LogP contribution is 2.55. The number of fused-ring (bicyclic) bond motifs is 6. The zero-order chi connectivity index (χ0) is 35.6. The number of para-hydroxylation sites is 4. The normalized spacial score (nSPS) is 17.7. The van der Waals surface area contributed by atoms with Crippen LogP contribution in [0.4, 0.5) is 28.4 Å². The average molecular weight is 691 g/mol. The van der Waals surface area contributed by atoms with Gasteiger partial charge in [0.25, 0.3) is 0 Å². The summed E-state index contributed by atoms with van der Waals surface area (Å²) in [5.74, 6) is 0. The van der Waals surface area contributed by atoms with Gasteiger partial charge in [-0.1, -0.05) is 164 Å². The second kappa shape index (κ2) is 12.2. The van der Waals surface area contributed by atoms with Crippen molar-refractivity contribution in [2.24, 2.45) is 0 Å². The summed E-state index contributed by atoms with van der Waals surface area (Å²) in [6, 6.07) is 65.4. The van der Waals surface area contributed by atoms with Gasteiger partial charge in [0.1, 0.15) is 5.54 Å². The van der Waals surface area contributed by atoms with E-state index in [-0.39, 0.29) is 0 Å². The molecular weight excluding hydrogens is 653 g/mol. The summed E-state index contributed by atoms with van der Waals surface area (Å²) in [4.78, 5) is 5.25. The molecule has 0 saturated heterocycles. The molecular formula is C52H38N2. The largest absolute Gasteiger partial charge is 0.326 e. The van der Waals surface area contributed by atoms with E-state index < -0.39 is 5.54 Å². The molecule has 7 aromatic rings. The maximum absolute atomic E-state index is 2.71. The van der Waals surface area contributed by atoms with Crippen LogP contribution >= 0.6 is 0 Å². The predicted molar refractivity (Wildman–Crippen MR) is 223 cm³/mol. The SMILES string of the molecule is C1=CCC2(N3c4ccccc4Cc4ccccc43)C(=C1)C(c1ccccc1)=c1c(N3c4ccccc4Cc4ccccc43)cccc1=C2c1ccccc1. The van der Waals surface area contributed by atoms with Crippen LogP contribution in [-0.2, 0) is 12.8 Å². The van der Waals surface area contributed by atoms with E-state index in [0.29, 0.717) is 0 Å². The van der Waals surface area contributed by atoms with Crippen molar-refractivity contribution >= 4 is 39.6 Å². The third kappa shape index (κ3) is 4.47. The Bertz CT molecular complexity index is 2720. The van der Waals surface area contributed by atoms with Gasteiger partial charge in [0.2, 0.25) is 0 Å². The Morgan fingerprint density at radius 2 is 0.907 bits per heavy atom. The molecule has 1 atom stereocenters. The Morgan fingerprint density at radius 3 is 1.50 bits per heavy atom. The highest BCUT2D eigenvalue weighted by atomic mass is 15.2. The third-order valence-corrected chi connectivity index (χ3v) is 11.9. The van der Waals surface area contributed by atoms with E-state index in [1.54, 1.807) is 0 Å². The molecule has 0 aromatic heterocycles. The lowest BCUT2D eigenvalue weighted by molar-refractivity contribution is 0.617. The van der Waals surface area contributed by atoms with Crippen molar-refractivity contribution in [3.8, 4) is 0 Å². The van der Waals surface area contributed by atoms with Crippen LogP contribution in [0, 0.1) is 0 Å². The van der Waals surface area contributed by atoms with Gasteiger partial charge in [-0.2, -0.15) is 0 Å². The molecule has 256 valence electrons. The molecule has 1 unspecified atom stereocenters.